The molecule has 0 saturated heterocycles. The summed E-state index contributed by atoms with van der Waals surface area (Å²) in [5.74, 6) is 0. The van der Waals surface area contributed by atoms with Crippen LogP contribution in [0, 0.1) is 6.92 Å². The topological polar surface area (TPSA) is 28.2 Å². The van der Waals surface area contributed by atoms with Crippen molar-refractivity contribution in [3.63, 3.8) is 0 Å². The van der Waals surface area contributed by atoms with Crippen molar-refractivity contribution in [3.8, 4) is 0 Å². The predicted octanol–water partition coefficient (Wildman–Crippen LogP) is 2.21. The maximum atomic E-state index is 4.21. The molecule has 1 N–H and O–H groups in total. The van der Waals surface area contributed by atoms with Gasteiger partial charge in [-0.1, -0.05) is 0 Å². The molecule has 0 saturated carbocycles. The fourth-order valence-electron chi connectivity index (χ4n) is 1.72. The molecular weight excluding hydrogens is 210 g/mol. The average Bonchev–Trinajstić information content (AvgIpc) is 2.15. The van der Waals surface area contributed by atoms with Crippen molar-refractivity contribution in [1.29, 1.82) is 0 Å². The van der Waals surface area contributed by atoms with E-state index < -0.39 is 0 Å². The highest BCUT2D eigenvalue weighted by Crippen LogP contribution is 2.04. The number of aromatic nitrogens is 1. The van der Waals surface area contributed by atoms with Crippen LogP contribution in [0.2, 0.25) is 0 Å². The highest BCUT2D eigenvalue weighted by Gasteiger charge is 2.08. The van der Waals surface area contributed by atoms with Gasteiger partial charge in [-0.05, 0) is 52.4 Å². The Balaban J connectivity index is 2.32. The number of likely N-dealkylation sites (N-methyl/N-ethyl adjacent to an activating group) is 1. The van der Waals surface area contributed by atoms with Crippen LogP contribution >= 0.6 is 0 Å². The maximum Gasteiger partial charge on any atom is 0.0375 e. The first-order valence-corrected chi connectivity index (χ1v) is 6.22. The minimum absolute atomic E-state index is 0.202. The van der Waals surface area contributed by atoms with E-state index in [0.717, 1.165) is 25.3 Å². The van der Waals surface area contributed by atoms with Crippen LogP contribution in [-0.4, -0.2) is 35.6 Å². The van der Waals surface area contributed by atoms with Gasteiger partial charge in [0, 0.05) is 37.1 Å². The Morgan fingerprint density at radius 2 is 2.06 bits per heavy atom. The summed E-state index contributed by atoms with van der Waals surface area (Å²) in [6.45, 7) is 11.7. The minimum Gasteiger partial charge on any atom is -0.311 e. The number of rotatable bonds is 5. The van der Waals surface area contributed by atoms with E-state index in [1.54, 1.807) is 0 Å². The molecule has 1 heterocycles. The van der Waals surface area contributed by atoms with Gasteiger partial charge >= 0.3 is 0 Å². The Labute approximate surface area is 105 Å². The molecule has 0 atom stereocenters. The molecule has 0 unspecified atom stereocenters. The van der Waals surface area contributed by atoms with E-state index in [2.05, 4.69) is 55.2 Å². The zero-order valence-corrected chi connectivity index (χ0v) is 11.7. The van der Waals surface area contributed by atoms with E-state index in [0.29, 0.717) is 0 Å². The highest BCUT2D eigenvalue weighted by atomic mass is 15.1. The first kappa shape index (κ1) is 14.1. The Kier molecular flexibility index (Phi) is 5.09. The molecule has 0 amide bonds. The number of pyridine rings is 1. The summed E-state index contributed by atoms with van der Waals surface area (Å²) in [5.41, 5.74) is 2.62. The van der Waals surface area contributed by atoms with Crippen molar-refractivity contribution < 1.29 is 0 Å². The maximum absolute atomic E-state index is 4.21. The van der Waals surface area contributed by atoms with Crippen LogP contribution in [0.3, 0.4) is 0 Å². The van der Waals surface area contributed by atoms with E-state index >= 15 is 0 Å². The molecule has 0 bridgehead atoms. The van der Waals surface area contributed by atoms with Crippen LogP contribution in [0.5, 0.6) is 0 Å². The summed E-state index contributed by atoms with van der Waals surface area (Å²) in [6.07, 6.45) is 1.88. The van der Waals surface area contributed by atoms with Gasteiger partial charge in [0.15, 0.2) is 0 Å². The van der Waals surface area contributed by atoms with E-state index in [1.807, 2.05) is 13.1 Å². The Bertz CT molecular complexity index is 342. The fraction of sp³-hybridized carbons (Fsp3) is 0.643. The third kappa shape index (κ3) is 6.39. The third-order valence-electron chi connectivity index (χ3n) is 2.56. The second-order valence-electron chi connectivity index (χ2n) is 5.72. The number of hydrogen-bond acceptors (Lipinski definition) is 3. The van der Waals surface area contributed by atoms with Crippen molar-refractivity contribution in [1.82, 2.24) is 15.2 Å². The smallest absolute Gasteiger partial charge is 0.0375 e. The summed E-state index contributed by atoms with van der Waals surface area (Å²) in [7, 11) is 2.15. The van der Waals surface area contributed by atoms with Gasteiger partial charge in [0.25, 0.3) is 0 Å². The molecule has 1 aromatic heterocycles. The van der Waals surface area contributed by atoms with Crippen LogP contribution < -0.4 is 5.32 Å². The molecule has 0 aliphatic heterocycles. The largest absolute Gasteiger partial charge is 0.311 e. The van der Waals surface area contributed by atoms with Gasteiger partial charge in [-0.15, -0.1) is 0 Å². The Morgan fingerprint density at radius 1 is 1.35 bits per heavy atom. The number of aryl methyl sites for hydroxylation is 1. The van der Waals surface area contributed by atoms with E-state index in [4.69, 9.17) is 0 Å². The quantitative estimate of drug-likeness (QED) is 0.848. The molecule has 0 radical (unpaired) electrons. The summed E-state index contributed by atoms with van der Waals surface area (Å²) < 4.78 is 0. The number of nitrogens with one attached hydrogen (secondary N) is 1. The lowest BCUT2D eigenvalue weighted by Crippen LogP contribution is -2.40. The summed E-state index contributed by atoms with van der Waals surface area (Å²) in [4.78, 5) is 6.54. The second kappa shape index (κ2) is 6.12. The molecule has 0 spiro atoms. The summed E-state index contributed by atoms with van der Waals surface area (Å²) in [5, 5.41) is 3.50. The fourth-order valence-corrected chi connectivity index (χ4v) is 1.72. The zero-order valence-electron chi connectivity index (χ0n) is 11.7. The predicted molar refractivity (Wildman–Crippen MR) is 73.1 cm³/mol. The number of hydrogen-bond donors (Lipinski definition) is 1. The van der Waals surface area contributed by atoms with Crippen LogP contribution in [0.15, 0.2) is 18.3 Å². The first-order chi connectivity index (χ1) is 7.87. The SMILES string of the molecule is Cc1cc(CN(C)CCNC(C)(C)C)ccn1. The average molecular weight is 235 g/mol. The molecule has 0 aromatic carbocycles. The standard InChI is InChI=1S/C14H25N3/c1-12-10-13(6-7-15-12)11-17(5)9-8-16-14(2,3)4/h6-7,10,16H,8-9,11H2,1-5H3. The van der Waals surface area contributed by atoms with Crippen LogP contribution in [-0.2, 0) is 6.54 Å². The second-order valence-corrected chi connectivity index (χ2v) is 5.72. The van der Waals surface area contributed by atoms with Crippen molar-refractivity contribution in [2.45, 2.75) is 39.8 Å². The minimum atomic E-state index is 0.202. The van der Waals surface area contributed by atoms with Crippen molar-refractivity contribution in [2.24, 2.45) is 0 Å². The highest BCUT2D eigenvalue weighted by molar-refractivity contribution is 5.15. The van der Waals surface area contributed by atoms with E-state index in [9.17, 15) is 0 Å². The van der Waals surface area contributed by atoms with Crippen LogP contribution in [0.1, 0.15) is 32.0 Å². The Hall–Kier alpha value is -0.930. The monoisotopic (exact) mass is 235 g/mol. The Morgan fingerprint density at radius 3 is 2.65 bits per heavy atom. The molecular formula is C14H25N3. The van der Waals surface area contributed by atoms with Gasteiger partial charge in [-0.25, -0.2) is 0 Å². The summed E-state index contributed by atoms with van der Waals surface area (Å²) >= 11 is 0. The van der Waals surface area contributed by atoms with E-state index in [1.165, 1.54) is 5.56 Å². The molecule has 0 fully saturated rings. The van der Waals surface area contributed by atoms with Crippen molar-refractivity contribution in [3.05, 3.63) is 29.6 Å². The lowest BCUT2D eigenvalue weighted by atomic mass is 10.1. The van der Waals surface area contributed by atoms with Gasteiger partial charge in [0.2, 0.25) is 0 Å². The van der Waals surface area contributed by atoms with Crippen LogP contribution in [0.25, 0.3) is 0 Å². The molecule has 17 heavy (non-hydrogen) atoms. The van der Waals surface area contributed by atoms with Gasteiger partial charge in [0.05, 0.1) is 0 Å². The molecule has 3 heteroatoms. The molecule has 0 aliphatic rings. The molecule has 3 nitrogen and oxygen atoms in total. The van der Waals surface area contributed by atoms with Crippen molar-refractivity contribution in [2.75, 3.05) is 20.1 Å². The third-order valence-corrected chi connectivity index (χ3v) is 2.56. The lowest BCUT2D eigenvalue weighted by molar-refractivity contribution is 0.303. The van der Waals surface area contributed by atoms with Gasteiger partial charge in [0.1, 0.15) is 0 Å². The zero-order chi connectivity index (χ0) is 12.9. The lowest BCUT2D eigenvalue weighted by Gasteiger charge is -2.23. The molecule has 0 aliphatic carbocycles. The van der Waals surface area contributed by atoms with Gasteiger partial charge < -0.3 is 10.2 Å². The normalized spacial score (nSPS) is 12.1. The molecule has 1 aromatic rings. The molecule has 96 valence electrons. The number of nitrogens with zero attached hydrogens (tertiary/aromatic N) is 2. The van der Waals surface area contributed by atoms with E-state index in [-0.39, 0.29) is 5.54 Å². The van der Waals surface area contributed by atoms with Crippen molar-refractivity contribution >= 4 is 0 Å². The molecule has 1 rings (SSSR count). The summed E-state index contributed by atoms with van der Waals surface area (Å²) in [6, 6.07) is 4.23. The van der Waals surface area contributed by atoms with Gasteiger partial charge in [-0.3, -0.25) is 4.98 Å². The van der Waals surface area contributed by atoms with Gasteiger partial charge in [-0.2, -0.15) is 0 Å². The first-order valence-electron chi connectivity index (χ1n) is 6.22. The van der Waals surface area contributed by atoms with Crippen LogP contribution in [0.4, 0.5) is 0 Å².